The SMILES string of the molecule is CC(C)(F)C[CH]c1ccccc1. The third kappa shape index (κ3) is 3.51. The van der Waals surface area contributed by atoms with Crippen LogP contribution in [0.5, 0.6) is 0 Å². The lowest BCUT2D eigenvalue weighted by Gasteiger charge is -2.12. The van der Waals surface area contributed by atoms with Gasteiger partial charge in [-0.15, -0.1) is 0 Å². The Bertz CT molecular complexity index is 221. The molecule has 1 aromatic rings. The first-order chi connectivity index (χ1) is 5.58. The summed E-state index contributed by atoms with van der Waals surface area (Å²) in [5, 5.41) is 0. The van der Waals surface area contributed by atoms with Crippen LogP contribution >= 0.6 is 0 Å². The molecule has 1 aromatic carbocycles. The molecule has 0 fully saturated rings. The highest BCUT2D eigenvalue weighted by Crippen LogP contribution is 2.18. The molecule has 0 saturated carbocycles. The second-order valence-corrected chi connectivity index (χ2v) is 3.54. The topological polar surface area (TPSA) is 0 Å². The molecule has 0 aliphatic carbocycles. The highest BCUT2D eigenvalue weighted by molar-refractivity contribution is 5.22. The second-order valence-electron chi connectivity index (χ2n) is 3.54. The van der Waals surface area contributed by atoms with Gasteiger partial charge in [-0.1, -0.05) is 30.3 Å². The average molecular weight is 165 g/mol. The monoisotopic (exact) mass is 165 g/mol. The van der Waals surface area contributed by atoms with Gasteiger partial charge in [0.05, 0.1) is 0 Å². The standard InChI is InChI=1S/C11H14F/c1-11(2,12)9-8-10-6-4-3-5-7-10/h3-8H,9H2,1-2H3. The van der Waals surface area contributed by atoms with Crippen LogP contribution in [0.2, 0.25) is 0 Å². The van der Waals surface area contributed by atoms with Crippen molar-refractivity contribution in [3.63, 3.8) is 0 Å². The number of alkyl halides is 1. The van der Waals surface area contributed by atoms with Crippen LogP contribution in [-0.2, 0) is 0 Å². The van der Waals surface area contributed by atoms with E-state index in [9.17, 15) is 4.39 Å². The number of hydrogen-bond donors (Lipinski definition) is 0. The summed E-state index contributed by atoms with van der Waals surface area (Å²) in [6, 6.07) is 9.82. The molecule has 0 N–H and O–H groups in total. The zero-order valence-electron chi connectivity index (χ0n) is 7.55. The van der Waals surface area contributed by atoms with Crippen molar-refractivity contribution < 1.29 is 4.39 Å². The van der Waals surface area contributed by atoms with Gasteiger partial charge in [0.2, 0.25) is 0 Å². The van der Waals surface area contributed by atoms with Crippen molar-refractivity contribution in [3.05, 3.63) is 42.3 Å². The van der Waals surface area contributed by atoms with Crippen LogP contribution in [0.3, 0.4) is 0 Å². The predicted octanol–water partition coefficient (Wildman–Crippen LogP) is 3.38. The molecule has 1 radical (unpaired) electrons. The van der Waals surface area contributed by atoms with Crippen molar-refractivity contribution in [3.8, 4) is 0 Å². The molecule has 0 aliphatic rings. The van der Waals surface area contributed by atoms with Crippen LogP contribution in [0.25, 0.3) is 0 Å². The number of benzene rings is 1. The lowest BCUT2D eigenvalue weighted by Crippen LogP contribution is -2.11. The van der Waals surface area contributed by atoms with Crippen molar-refractivity contribution in [2.24, 2.45) is 0 Å². The molecule has 1 heteroatoms. The predicted molar refractivity (Wildman–Crippen MR) is 49.6 cm³/mol. The normalized spacial score (nSPS) is 11.6. The highest BCUT2D eigenvalue weighted by Gasteiger charge is 2.14. The van der Waals surface area contributed by atoms with Crippen LogP contribution in [0, 0.1) is 6.42 Å². The molecule has 0 spiro atoms. The Labute approximate surface area is 73.4 Å². The van der Waals surface area contributed by atoms with Crippen molar-refractivity contribution >= 4 is 0 Å². The van der Waals surface area contributed by atoms with E-state index in [1.54, 1.807) is 13.8 Å². The molecule has 0 nitrogen and oxygen atoms in total. The summed E-state index contributed by atoms with van der Waals surface area (Å²) in [5.41, 5.74) is -0.0150. The minimum absolute atomic E-state index is 0.469. The maximum absolute atomic E-state index is 13.0. The average Bonchev–Trinajstić information content (AvgIpc) is 2.02. The van der Waals surface area contributed by atoms with Gasteiger partial charge in [-0.25, -0.2) is 4.39 Å². The summed E-state index contributed by atoms with van der Waals surface area (Å²) in [6.07, 6.45) is 2.39. The van der Waals surface area contributed by atoms with E-state index in [0.717, 1.165) is 5.56 Å². The summed E-state index contributed by atoms with van der Waals surface area (Å²) in [4.78, 5) is 0. The molecule has 0 aromatic heterocycles. The Kier molecular flexibility index (Phi) is 2.85. The van der Waals surface area contributed by atoms with Crippen LogP contribution in [-0.4, -0.2) is 5.67 Å². The molecule has 0 saturated heterocycles. The first kappa shape index (κ1) is 9.24. The molecular formula is C11H14F. The molecule has 1 rings (SSSR count). The van der Waals surface area contributed by atoms with E-state index in [2.05, 4.69) is 0 Å². The fourth-order valence-electron chi connectivity index (χ4n) is 0.950. The summed E-state index contributed by atoms with van der Waals surface area (Å²) < 4.78 is 13.0. The van der Waals surface area contributed by atoms with Gasteiger partial charge in [-0.3, -0.25) is 0 Å². The molecule has 0 bridgehead atoms. The van der Waals surface area contributed by atoms with Gasteiger partial charge >= 0.3 is 0 Å². The van der Waals surface area contributed by atoms with Crippen LogP contribution in [0.1, 0.15) is 25.8 Å². The van der Waals surface area contributed by atoms with E-state index in [1.165, 1.54) is 0 Å². The van der Waals surface area contributed by atoms with Crippen molar-refractivity contribution in [2.45, 2.75) is 25.9 Å². The van der Waals surface area contributed by atoms with Crippen LogP contribution in [0.15, 0.2) is 30.3 Å². The molecule has 0 unspecified atom stereocenters. The lowest BCUT2D eigenvalue weighted by atomic mass is 10.0. The van der Waals surface area contributed by atoms with Gasteiger partial charge in [-0.05, 0) is 32.3 Å². The highest BCUT2D eigenvalue weighted by atomic mass is 19.1. The van der Waals surface area contributed by atoms with Gasteiger partial charge in [0.15, 0.2) is 0 Å². The van der Waals surface area contributed by atoms with Gasteiger partial charge in [-0.2, -0.15) is 0 Å². The van der Waals surface area contributed by atoms with E-state index in [4.69, 9.17) is 0 Å². The van der Waals surface area contributed by atoms with Crippen molar-refractivity contribution in [1.29, 1.82) is 0 Å². The number of rotatable bonds is 3. The van der Waals surface area contributed by atoms with Gasteiger partial charge in [0, 0.05) is 0 Å². The molecule has 0 aliphatic heterocycles. The first-order valence-corrected chi connectivity index (χ1v) is 4.15. The Morgan fingerprint density at radius 3 is 2.33 bits per heavy atom. The maximum Gasteiger partial charge on any atom is 0.106 e. The minimum Gasteiger partial charge on any atom is -0.244 e. The van der Waals surface area contributed by atoms with Gasteiger partial charge in [0.25, 0.3) is 0 Å². The molecule has 65 valence electrons. The van der Waals surface area contributed by atoms with E-state index in [0.29, 0.717) is 6.42 Å². The fraction of sp³-hybridized carbons (Fsp3) is 0.364. The lowest BCUT2D eigenvalue weighted by molar-refractivity contribution is 0.216. The molecule has 0 heterocycles. The summed E-state index contributed by atoms with van der Waals surface area (Å²) in [7, 11) is 0. The van der Waals surface area contributed by atoms with Crippen molar-refractivity contribution in [1.82, 2.24) is 0 Å². The molecular weight excluding hydrogens is 151 g/mol. The first-order valence-electron chi connectivity index (χ1n) is 4.15. The second kappa shape index (κ2) is 3.70. The Morgan fingerprint density at radius 1 is 1.25 bits per heavy atom. The van der Waals surface area contributed by atoms with E-state index >= 15 is 0 Å². The minimum atomic E-state index is -1.10. The summed E-state index contributed by atoms with van der Waals surface area (Å²) in [5.74, 6) is 0. The van der Waals surface area contributed by atoms with Gasteiger partial charge in [0.1, 0.15) is 5.67 Å². The molecule has 0 atom stereocenters. The van der Waals surface area contributed by atoms with Crippen molar-refractivity contribution in [2.75, 3.05) is 0 Å². The summed E-state index contributed by atoms with van der Waals surface area (Å²) in [6.45, 7) is 3.18. The third-order valence-electron chi connectivity index (χ3n) is 1.62. The summed E-state index contributed by atoms with van der Waals surface area (Å²) >= 11 is 0. The zero-order chi connectivity index (χ0) is 9.03. The Balaban J connectivity index is 2.44. The van der Waals surface area contributed by atoms with E-state index in [1.807, 2.05) is 36.8 Å². The quantitative estimate of drug-likeness (QED) is 0.644. The van der Waals surface area contributed by atoms with Crippen LogP contribution < -0.4 is 0 Å². The van der Waals surface area contributed by atoms with E-state index < -0.39 is 5.67 Å². The largest absolute Gasteiger partial charge is 0.244 e. The van der Waals surface area contributed by atoms with Gasteiger partial charge < -0.3 is 0 Å². The Morgan fingerprint density at radius 2 is 1.83 bits per heavy atom. The zero-order valence-corrected chi connectivity index (χ0v) is 7.55. The smallest absolute Gasteiger partial charge is 0.106 e. The third-order valence-corrected chi connectivity index (χ3v) is 1.62. The fourth-order valence-corrected chi connectivity index (χ4v) is 0.950. The molecule has 0 amide bonds. The maximum atomic E-state index is 13.0. The van der Waals surface area contributed by atoms with Crippen LogP contribution in [0.4, 0.5) is 4.39 Å². The van der Waals surface area contributed by atoms with E-state index in [-0.39, 0.29) is 0 Å². The Hall–Kier alpha value is -0.850. The number of hydrogen-bond acceptors (Lipinski definition) is 0. The molecule has 12 heavy (non-hydrogen) atoms. The number of halogens is 1.